The first kappa shape index (κ1) is 7.26. The van der Waals surface area contributed by atoms with Gasteiger partial charge in [-0.05, 0) is 12.1 Å². The Kier molecular flexibility index (Phi) is 1.56. The van der Waals surface area contributed by atoms with Gasteiger partial charge in [-0.2, -0.15) is 5.26 Å². The Balaban J connectivity index is 2.95. The molecule has 0 atom stereocenters. The van der Waals surface area contributed by atoms with E-state index in [1.165, 1.54) is 17.4 Å². The number of fused-ring (bicyclic) bond motifs is 1. The van der Waals surface area contributed by atoms with E-state index in [2.05, 4.69) is 0 Å². The summed E-state index contributed by atoms with van der Waals surface area (Å²) in [5, 5.41) is 10.8. The summed E-state index contributed by atoms with van der Waals surface area (Å²) in [5.41, 5.74) is 0.424. The van der Waals surface area contributed by atoms with Crippen LogP contribution in [0.5, 0.6) is 0 Å². The molecule has 0 aliphatic carbocycles. The maximum absolute atomic E-state index is 13.1. The molecule has 0 fully saturated rings. The van der Waals surface area contributed by atoms with Crippen LogP contribution in [0.15, 0.2) is 23.6 Å². The van der Waals surface area contributed by atoms with E-state index in [1.807, 2.05) is 12.1 Å². The van der Waals surface area contributed by atoms with Crippen LogP contribution in [-0.2, 0) is 0 Å². The Hall–Kier alpha value is -1.40. The second kappa shape index (κ2) is 2.58. The van der Waals surface area contributed by atoms with E-state index in [1.54, 1.807) is 11.4 Å². The van der Waals surface area contributed by atoms with Crippen molar-refractivity contribution in [1.29, 1.82) is 5.26 Å². The van der Waals surface area contributed by atoms with E-state index in [0.29, 0.717) is 10.9 Å². The number of rotatable bonds is 0. The third-order valence-corrected chi connectivity index (χ3v) is 2.62. The average molecular weight is 177 g/mol. The number of hydrogen-bond donors (Lipinski definition) is 0. The van der Waals surface area contributed by atoms with Crippen LogP contribution in [0.3, 0.4) is 0 Å². The minimum absolute atomic E-state index is 0.315. The molecule has 0 radical (unpaired) electrons. The number of halogens is 1. The molecule has 1 heterocycles. The molecule has 0 amide bonds. The largest absolute Gasteiger partial charge is 0.206 e. The molecule has 2 aromatic rings. The highest BCUT2D eigenvalue weighted by Crippen LogP contribution is 2.27. The Labute approximate surface area is 72.7 Å². The predicted octanol–water partition coefficient (Wildman–Crippen LogP) is 2.91. The molecule has 58 valence electrons. The number of benzene rings is 1. The van der Waals surface area contributed by atoms with Crippen molar-refractivity contribution in [2.75, 3.05) is 0 Å². The maximum Gasteiger partial charge on any atom is 0.133 e. The lowest BCUT2D eigenvalue weighted by atomic mass is 10.2. The van der Waals surface area contributed by atoms with Crippen LogP contribution in [0.4, 0.5) is 4.39 Å². The van der Waals surface area contributed by atoms with Gasteiger partial charge in [-0.1, -0.05) is 6.07 Å². The highest BCUT2D eigenvalue weighted by molar-refractivity contribution is 7.17. The lowest BCUT2D eigenvalue weighted by molar-refractivity contribution is 0.640. The van der Waals surface area contributed by atoms with Gasteiger partial charge in [-0.15, -0.1) is 11.3 Å². The normalized spacial score (nSPS) is 10.0. The van der Waals surface area contributed by atoms with Crippen molar-refractivity contribution in [1.82, 2.24) is 0 Å². The summed E-state index contributed by atoms with van der Waals surface area (Å²) in [6.07, 6.45) is 0. The van der Waals surface area contributed by atoms with Crippen LogP contribution in [0, 0.1) is 17.1 Å². The van der Waals surface area contributed by atoms with Gasteiger partial charge in [0.1, 0.15) is 11.9 Å². The molecule has 1 aromatic carbocycles. The van der Waals surface area contributed by atoms with Crippen LogP contribution < -0.4 is 0 Å². The van der Waals surface area contributed by atoms with Crippen LogP contribution >= 0.6 is 11.3 Å². The van der Waals surface area contributed by atoms with Crippen molar-refractivity contribution >= 4 is 21.4 Å². The molecular formula is C9H4FNS. The van der Waals surface area contributed by atoms with Gasteiger partial charge in [0.25, 0.3) is 0 Å². The molecule has 0 saturated heterocycles. The first-order valence-corrected chi connectivity index (χ1v) is 4.26. The molecule has 0 aliphatic heterocycles. The molecular weight excluding hydrogens is 173 g/mol. The molecule has 1 aromatic heterocycles. The molecule has 0 N–H and O–H groups in total. The Morgan fingerprint density at radius 1 is 1.42 bits per heavy atom. The van der Waals surface area contributed by atoms with Crippen molar-refractivity contribution in [2.24, 2.45) is 0 Å². The fourth-order valence-corrected chi connectivity index (χ4v) is 2.03. The monoisotopic (exact) mass is 177 g/mol. The van der Waals surface area contributed by atoms with Crippen molar-refractivity contribution in [3.8, 4) is 6.07 Å². The Bertz CT molecular complexity index is 467. The third-order valence-electron chi connectivity index (χ3n) is 1.67. The molecule has 0 bridgehead atoms. The summed E-state index contributed by atoms with van der Waals surface area (Å²) in [5.74, 6) is -0.315. The molecule has 2 rings (SSSR count). The molecule has 0 unspecified atom stereocenters. The molecule has 12 heavy (non-hydrogen) atoms. The summed E-state index contributed by atoms with van der Waals surface area (Å²) in [6, 6.07) is 6.79. The minimum Gasteiger partial charge on any atom is -0.206 e. The van der Waals surface area contributed by atoms with Crippen LogP contribution in [-0.4, -0.2) is 0 Å². The summed E-state index contributed by atoms with van der Waals surface area (Å²) >= 11 is 1.39. The standard InChI is InChI=1S/C9H4FNS/c10-7-2-1-3-8-9(7)6(4-11)5-12-8/h1-3,5H. The second-order valence-electron chi connectivity index (χ2n) is 2.37. The first-order valence-electron chi connectivity index (χ1n) is 3.39. The van der Waals surface area contributed by atoms with Crippen molar-refractivity contribution in [3.63, 3.8) is 0 Å². The van der Waals surface area contributed by atoms with Crippen LogP contribution in [0.2, 0.25) is 0 Å². The number of nitriles is 1. The summed E-state index contributed by atoms with van der Waals surface area (Å²) in [6.45, 7) is 0. The van der Waals surface area contributed by atoms with Gasteiger partial charge in [0, 0.05) is 15.5 Å². The van der Waals surface area contributed by atoms with Gasteiger partial charge in [0.15, 0.2) is 0 Å². The average Bonchev–Trinajstić information content (AvgIpc) is 2.49. The van der Waals surface area contributed by atoms with Gasteiger partial charge in [-0.25, -0.2) is 4.39 Å². The SMILES string of the molecule is N#Cc1csc2cccc(F)c12. The van der Waals surface area contributed by atoms with Gasteiger partial charge in [0.05, 0.1) is 5.56 Å². The Morgan fingerprint density at radius 2 is 2.25 bits per heavy atom. The van der Waals surface area contributed by atoms with Crippen molar-refractivity contribution < 1.29 is 4.39 Å². The van der Waals surface area contributed by atoms with E-state index in [9.17, 15) is 4.39 Å². The Morgan fingerprint density at radius 3 is 3.00 bits per heavy atom. The van der Waals surface area contributed by atoms with Crippen molar-refractivity contribution in [2.45, 2.75) is 0 Å². The summed E-state index contributed by atoms with van der Waals surface area (Å²) in [4.78, 5) is 0. The number of nitrogens with zero attached hydrogens (tertiary/aromatic N) is 1. The van der Waals surface area contributed by atoms with E-state index in [-0.39, 0.29) is 5.82 Å². The lowest BCUT2D eigenvalue weighted by Crippen LogP contribution is -1.76. The van der Waals surface area contributed by atoms with Crippen LogP contribution in [0.1, 0.15) is 5.56 Å². The number of thiophene rings is 1. The topological polar surface area (TPSA) is 23.8 Å². The zero-order chi connectivity index (χ0) is 8.55. The van der Waals surface area contributed by atoms with E-state index < -0.39 is 0 Å². The molecule has 0 saturated carbocycles. The molecule has 1 nitrogen and oxygen atoms in total. The number of hydrogen-bond acceptors (Lipinski definition) is 2. The fourth-order valence-electron chi connectivity index (χ4n) is 1.13. The van der Waals surface area contributed by atoms with Crippen LogP contribution in [0.25, 0.3) is 10.1 Å². The maximum atomic E-state index is 13.1. The molecule has 0 spiro atoms. The summed E-state index contributed by atoms with van der Waals surface area (Å²) in [7, 11) is 0. The fraction of sp³-hybridized carbons (Fsp3) is 0. The van der Waals surface area contributed by atoms with Gasteiger partial charge >= 0.3 is 0 Å². The highest BCUT2D eigenvalue weighted by Gasteiger charge is 2.06. The van der Waals surface area contributed by atoms with E-state index >= 15 is 0 Å². The zero-order valence-corrected chi connectivity index (χ0v) is 6.86. The van der Waals surface area contributed by atoms with Gasteiger partial charge in [-0.3, -0.25) is 0 Å². The summed E-state index contributed by atoms with van der Waals surface area (Å²) < 4.78 is 13.9. The first-order chi connectivity index (χ1) is 5.83. The minimum atomic E-state index is -0.315. The lowest BCUT2D eigenvalue weighted by Gasteiger charge is -1.90. The van der Waals surface area contributed by atoms with E-state index in [0.717, 1.165) is 4.70 Å². The second-order valence-corrected chi connectivity index (χ2v) is 3.29. The van der Waals surface area contributed by atoms with E-state index in [4.69, 9.17) is 5.26 Å². The smallest absolute Gasteiger partial charge is 0.133 e. The quantitative estimate of drug-likeness (QED) is 0.607. The zero-order valence-electron chi connectivity index (χ0n) is 6.04. The molecule has 3 heteroatoms. The van der Waals surface area contributed by atoms with Gasteiger partial charge in [0.2, 0.25) is 0 Å². The van der Waals surface area contributed by atoms with Crippen molar-refractivity contribution in [3.05, 3.63) is 35.0 Å². The van der Waals surface area contributed by atoms with Gasteiger partial charge < -0.3 is 0 Å². The third kappa shape index (κ3) is 0.892. The molecule has 0 aliphatic rings. The highest BCUT2D eigenvalue weighted by atomic mass is 32.1. The predicted molar refractivity (Wildman–Crippen MR) is 46.5 cm³/mol.